The molecule has 1 aliphatic rings. The maximum atomic E-state index is 13.2. The van der Waals surface area contributed by atoms with E-state index in [4.69, 9.17) is 23.4 Å². The molecular weight excluding hydrogens is 508 g/mol. The lowest BCUT2D eigenvalue weighted by molar-refractivity contribution is -0.116. The van der Waals surface area contributed by atoms with Crippen LogP contribution in [0.3, 0.4) is 0 Å². The molecule has 3 heterocycles. The summed E-state index contributed by atoms with van der Waals surface area (Å²) in [5.41, 5.74) is 2.56. The molecule has 0 radical (unpaired) electrons. The number of carbonyl (C=O) groups excluding carboxylic acids is 3. The number of benzene rings is 1. The number of aromatic nitrogens is 1. The molecule has 1 aromatic carbocycles. The number of imide groups is 1. The van der Waals surface area contributed by atoms with Crippen molar-refractivity contribution in [3.8, 4) is 5.75 Å². The van der Waals surface area contributed by atoms with Crippen molar-refractivity contribution >= 4 is 29.4 Å². The first kappa shape index (κ1) is 28.0. The molecule has 0 saturated carbocycles. The summed E-state index contributed by atoms with van der Waals surface area (Å²) >= 11 is 0. The zero-order chi connectivity index (χ0) is 27.6. The maximum Gasteiger partial charge on any atom is 0.324 e. The van der Waals surface area contributed by atoms with Gasteiger partial charge in [-0.05, 0) is 29.8 Å². The van der Waals surface area contributed by atoms with E-state index in [-0.39, 0.29) is 25.6 Å². The first-order valence-electron chi connectivity index (χ1n) is 12.5. The summed E-state index contributed by atoms with van der Waals surface area (Å²) in [5, 5.41) is 2.84. The van der Waals surface area contributed by atoms with Gasteiger partial charge >= 0.3 is 6.03 Å². The van der Waals surface area contributed by atoms with Gasteiger partial charge in [-0.15, -0.1) is 0 Å². The van der Waals surface area contributed by atoms with Crippen molar-refractivity contribution in [2.45, 2.75) is 12.6 Å². The number of fused-ring (bicyclic) bond motifs is 2. The Bertz CT molecular complexity index is 1250. The maximum absolute atomic E-state index is 13.2. The van der Waals surface area contributed by atoms with Gasteiger partial charge in [0.05, 0.1) is 46.7 Å². The van der Waals surface area contributed by atoms with Crippen LogP contribution in [0.4, 0.5) is 4.79 Å². The minimum Gasteiger partial charge on any atom is -0.497 e. The van der Waals surface area contributed by atoms with Crippen LogP contribution in [0.15, 0.2) is 47.0 Å². The van der Waals surface area contributed by atoms with Crippen LogP contribution in [0.2, 0.25) is 0 Å². The Hall–Kier alpha value is -4.00. The summed E-state index contributed by atoms with van der Waals surface area (Å²) in [6.45, 7) is 2.29. The average molecular weight is 541 g/mol. The number of carbonyl (C=O) groups is 3. The molecule has 12 heteroatoms. The molecule has 1 aliphatic heterocycles. The SMILES string of the molecule is COCCOCCOCCN(C=O)C(=O)N[C@@H](CN1Cc2ccc(OC)cc2C1=O)c1cc2ncccc2o1. The van der Waals surface area contributed by atoms with E-state index in [1.807, 2.05) is 6.07 Å². The molecule has 4 rings (SSSR count). The molecule has 2 aromatic heterocycles. The van der Waals surface area contributed by atoms with E-state index in [1.54, 1.807) is 55.6 Å². The standard InChI is InChI=1S/C27H32N4O8/c1-35-10-11-38-13-12-37-9-8-30(18-32)27(34)29-23(25-15-22-24(39-25)4-3-7-28-22)17-31-16-19-5-6-20(36-2)14-21(19)26(31)33/h3-7,14-15,18,23H,8-13,16-17H2,1-2H3,(H,29,34)/t23-/m0/s1. The molecule has 0 saturated heterocycles. The Morgan fingerprint density at radius 2 is 1.95 bits per heavy atom. The van der Waals surface area contributed by atoms with Crippen LogP contribution < -0.4 is 10.1 Å². The molecular formula is C27H32N4O8. The van der Waals surface area contributed by atoms with E-state index in [0.717, 1.165) is 10.5 Å². The zero-order valence-corrected chi connectivity index (χ0v) is 22.0. The van der Waals surface area contributed by atoms with E-state index in [2.05, 4.69) is 10.3 Å². The Labute approximate surface area is 225 Å². The number of amides is 4. The predicted octanol–water partition coefficient (Wildman–Crippen LogP) is 2.38. The van der Waals surface area contributed by atoms with Crippen molar-refractivity contribution in [3.63, 3.8) is 0 Å². The van der Waals surface area contributed by atoms with E-state index >= 15 is 0 Å². The summed E-state index contributed by atoms with van der Waals surface area (Å²) in [5.74, 6) is 0.807. The Morgan fingerprint density at radius 3 is 2.69 bits per heavy atom. The third kappa shape index (κ3) is 7.11. The number of furan rings is 1. The molecule has 1 N–H and O–H groups in total. The number of urea groups is 1. The Kier molecular flexibility index (Phi) is 9.84. The van der Waals surface area contributed by atoms with Crippen LogP contribution in [-0.2, 0) is 25.5 Å². The van der Waals surface area contributed by atoms with Crippen LogP contribution in [-0.4, -0.2) is 93.5 Å². The van der Waals surface area contributed by atoms with Crippen LogP contribution in [0, 0.1) is 0 Å². The molecule has 3 aromatic rings. The minimum absolute atomic E-state index is 0.0374. The Balaban J connectivity index is 1.42. The van der Waals surface area contributed by atoms with Gasteiger partial charge < -0.3 is 33.6 Å². The molecule has 12 nitrogen and oxygen atoms in total. The monoisotopic (exact) mass is 540 g/mol. The van der Waals surface area contributed by atoms with Crippen LogP contribution in [0.1, 0.15) is 27.7 Å². The highest BCUT2D eigenvalue weighted by Crippen LogP contribution is 2.30. The van der Waals surface area contributed by atoms with Gasteiger partial charge in [0.15, 0.2) is 5.58 Å². The fourth-order valence-corrected chi connectivity index (χ4v) is 4.16. The van der Waals surface area contributed by atoms with Crippen LogP contribution >= 0.6 is 0 Å². The van der Waals surface area contributed by atoms with Gasteiger partial charge in [-0.3, -0.25) is 19.5 Å². The third-order valence-corrected chi connectivity index (χ3v) is 6.21. The van der Waals surface area contributed by atoms with Crippen molar-refractivity contribution in [2.75, 3.05) is 60.3 Å². The van der Waals surface area contributed by atoms with Crippen LogP contribution in [0.25, 0.3) is 11.1 Å². The second kappa shape index (κ2) is 13.7. The molecule has 0 bridgehead atoms. The normalized spacial score (nSPS) is 13.4. The van der Waals surface area contributed by atoms with Gasteiger partial charge in [-0.25, -0.2) is 4.79 Å². The highest BCUT2D eigenvalue weighted by molar-refractivity contribution is 5.98. The number of hydrogen-bond donors (Lipinski definition) is 1. The smallest absolute Gasteiger partial charge is 0.324 e. The molecule has 0 spiro atoms. The summed E-state index contributed by atoms with van der Waals surface area (Å²) in [4.78, 5) is 44.9. The average Bonchev–Trinajstić information content (AvgIpc) is 3.52. The predicted molar refractivity (Wildman–Crippen MR) is 139 cm³/mol. The molecule has 39 heavy (non-hydrogen) atoms. The van der Waals surface area contributed by atoms with Crippen molar-refractivity contribution < 1.29 is 37.7 Å². The van der Waals surface area contributed by atoms with Gasteiger partial charge in [0.1, 0.15) is 23.1 Å². The summed E-state index contributed by atoms with van der Waals surface area (Å²) in [7, 11) is 3.13. The van der Waals surface area contributed by atoms with Gasteiger partial charge in [0.25, 0.3) is 5.91 Å². The van der Waals surface area contributed by atoms with Gasteiger partial charge in [0, 0.05) is 38.0 Å². The number of pyridine rings is 1. The number of nitrogens with zero attached hydrogens (tertiary/aromatic N) is 3. The first-order valence-corrected chi connectivity index (χ1v) is 12.5. The lowest BCUT2D eigenvalue weighted by Gasteiger charge is -2.25. The van der Waals surface area contributed by atoms with Gasteiger partial charge in [-0.1, -0.05) is 6.07 Å². The molecule has 4 amide bonds. The van der Waals surface area contributed by atoms with Gasteiger partial charge in [0.2, 0.25) is 6.41 Å². The second-order valence-electron chi connectivity index (χ2n) is 8.76. The molecule has 0 aliphatic carbocycles. The number of rotatable bonds is 15. The summed E-state index contributed by atoms with van der Waals surface area (Å²) < 4.78 is 26.9. The number of hydrogen-bond acceptors (Lipinski definition) is 9. The lowest BCUT2D eigenvalue weighted by atomic mass is 10.1. The largest absolute Gasteiger partial charge is 0.497 e. The highest BCUT2D eigenvalue weighted by Gasteiger charge is 2.32. The number of methoxy groups -OCH3 is 2. The van der Waals surface area contributed by atoms with Crippen molar-refractivity contribution in [1.82, 2.24) is 20.1 Å². The van der Waals surface area contributed by atoms with Crippen molar-refractivity contribution in [3.05, 3.63) is 59.5 Å². The highest BCUT2D eigenvalue weighted by atomic mass is 16.5. The minimum atomic E-state index is -0.746. The zero-order valence-electron chi connectivity index (χ0n) is 22.0. The summed E-state index contributed by atoms with van der Waals surface area (Å²) in [6, 6.07) is 9.19. The van der Waals surface area contributed by atoms with E-state index < -0.39 is 12.1 Å². The van der Waals surface area contributed by atoms with Crippen molar-refractivity contribution in [2.24, 2.45) is 0 Å². The lowest BCUT2D eigenvalue weighted by Crippen LogP contribution is -2.45. The van der Waals surface area contributed by atoms with E-state index in [0.29, 0.717) is 67.6 Å². The quantitative estimate of drug-likeness (QED) is 0.228. The Morgan fingerprint density at radius 1 is 1.15 bits per heavy atom. The van der Waals surface area contributed by atoms with E-state index in [9.17, 15) is 14.4 Å². The number of ether oxygens (including phenoxy) is 4. The third-order valence-electron chi connectivity index (χ3n) is 6.21. The number of nitrogens with one attached hydrogen (secondary N) is 1. The topological polar surface area (TPSA) is 133 Å². The molecule has 208 valence electrons. The molecule has 1 atom stereocenters. The fourth-order valence-electron chi connectivity index (χ4n) is 4.16. The van der Waals surface area contributed by atoms with Gasteiger partial charge in [-0.2, -0.15) is 0 Å². The molecule has 0 unspecified atom stereocenters. The fraction of sp³-hybridized carbons (Fsp3) is 0.407. The summed E-state index contributed by atoms with van der Waals surface area (Å²) in [6.07, 6.45) is 2.08. The van der Waals surface area contributed by atoms with Crippen LogP contribution in [0.5, 0.6) is 5.75 Å². The second-order valence-corrected chi connectivity index (χ2v) is 8.76. The van der Waals surface area contributed by atoms with Crippen molar-refractivity contribution in [1.29, 1.82) is 0 Å². The van der Waals surface area contributed by atoms with E-state index in [1.165, 1.54) is 0 Å². The molecule has 0 fully saturated rings. The first-order chi connectivity index (χ1) is 19.0.